The minimum Gasteiger partial charge on any atom is -0.481 e. The van der Waals surface area contributed by atoms with E-state index in [0.717, 1.165) is 6.42 Å². The number of carbonyl (C=O) groups is 1. The van der Waals surface area contributed by atoms with Crippen LogP contribution >= 0.6 is 15.9 Å². The molecule has 2 unspecified atom stereocenters. The Morgan fingerprint density at radius 3 is 2.63 bits per heavy atom. The molecule has 0 saturated heterocycles. The van der Waals surface area contributed by atoms with Crippen molar-refractivity contribution in [2.45, 2.75) is 38.7 Å². The van der Waals surface area contributed by atoms with Crippen LogP contribution in [0.25, 0.3) is 0 Å². The molecule has 5 heteroatoms. The van der Waals surface area contributed by atoms with Gasteiger partial charge >= 0.3 is 5.97 Å². The number of hydrogen-bond donors (Lipinski definition) is 2. The molecule has 0 bridgehead atoms. The molecule has 0 saturated carbocycles. The summed E-state index contributed by atoms with van der Waals surface area (Å²) >= 11 is 3.13. The average molecular weight is 333 g/mol. The smallest absolute Gasteiger partial charge is 0.309 e. The Bertz CT molecular complexity index is 460. The van der Waals surface area contributed by atoms with Crippen molar-refractivity contribution in [3.05, 3.63) is 34.1 Å². The molecular weight excluding hydrogens is 315 g/mol. The first kappa shape index (κ1) is 16.1. The molecule has 2 atom stereocenters. The second kappa shape index (κ2) is 6.48. The Balaban J connectivity index is 3.14. The van der Waals surface area contributed by atoms with Crippen molar-refractivity contribution in [2.75, 3.05) is 0 Å². The van der Waals surface area contributed by atoms with Gasteiger partial charge in [0.25, 0.3) is 0 Å². The third-order valence-corrected chi connectivity index (χ3v) is 3.79. The van der Waals surface area contributed by atoms with Crippen molar-refractivity contribution in [3.8, 4) is 0 Å². The highest BCUT2D eigenvalue weighted by Gasteiger charge is 2.40. The highest BCUT2D eigenvalue weighted by Crippen LogP contribution is 2.35. The van der Waals surface area contributed by atoms with Crippen molar-refractivity contribution in [2.24, 2.45) is 5.92 Å². The Morgan fingerprint density at radius 1 is 1.53 bits per heavy atom. The molecule has 2 N–H and O–H groups in total. The molecule has 1 rings (SSSR count). The maximum absolute atomic E-state index is 13.9. The van der Waals surface area contributed by atoms with Gasteiger partial charge in [0.1, 0.15) is 11.4 Å². The van der Waals surface area contributed by atoms with Crippen LogP contribution in [0.2, 0.25) is 0 Å². The monoisotopic (exact) mass is 332 g/mol. The third kappa shape index (κ3) is 3.76. The predicted octanol–water partition coefficient (Wildman–Crippen LogP) is 3.69. The lowest BCUT2D eigenvalue weighted by Crippen LogP contribution is -2.38. The van der Waals surface area contributed by atoms with Gasteiger partial charge in [0.15, 0.2) is 0 Å². The molecule has 0 aliphatic heterocycles. The van der Waals surface area contributed by atoms with Crippen molar-refractivity contribution in [1.82, 2.24) is 0 Å². The molecule has 0 amide bonds. The zero-order valence-electron chi connectivity index (χ0n) is 11.0. The van der Waals surface area contributed by atoms with Crippen LogP contribution in [0.15, 0.2) is 22.7 Å². The van der Waals surface area contributed by atoms with E-state index in [1.807, 2.05) is 6.92 Å². The first-order valence-electron chi connectivity index (χ1n) is 6.21. The molecular formula is C14H18BrFO3. The van der Waals surface area contributed by atoms with E-state index in [9.17, 15) is 19.4 Å². The van der Waals surface area contributed by atoms with Gasteiger partial charge in [0, 0.05) is 10.0 Å². The van der Waals surface area contributed by atoms with Crippen molar-refractivity contribution < 1.29 is 19.4 Å². The number of unbranched alkanes of at least 4 members (excludes halogenated alkanes) is 1. The summed E-state index contributed by atoms with van der Waals surface area (Å²) in [5.74, 6) is -2.74. The van der Waals surface area contributed by atoms with Crippen LogP contribution in [0, 0.1) is 11.7 Å². The summed E-state index contributed by atoms with van der Waals surface area (Å²) in [5.41, 5.74) is -1.72. The lowest BCUT2D eigenvalue weighted by molar-refractivity contribution is -0.152. The average Bonchev–Trinajstić information content (AvgIpc) is 2.27. The van der Waals surface area contributed by atoms with E-state index in [-0.39, 0.29) is 5.56 Å². The van der Waals surface area contributed by atoms with Crippen LogP contribution in [0.5, 0.6) is 0 Å². The molecule has 1 aromatic carbocycles. The quantitative estimate of drug-likeness (QED) is 0.835. The van der Waals surface area contributed by atoms with E-state index in [1.165, 1.54) is 19.1 Å². The number of aliphatic carboxylic acids is 1. The molecule has 0 aliphatic rings. The zero-order valence-corrected chi connectivity index (χ0v) is 12.6. The standard InChI is InChI=1S/C14H18BrFO3/c1-3-4-5-11(13(17)18)14(2,19)10-7-6-9(15)8-12(10)16/h6-8,11,19H,3-5H2,1-2H3,(H,17,18). The molecule has 0 spiro atoms. The summed E-state index contributed by atoms with van der Waals surface area (Å²) in [6, 6.07) is 4.23. The maximum Gasteiger partial charge on any atom is 0.309 e. The van der Waals surface area contributed by atoms with Crippen LogP contribution in [0.3, 0.4) is 0 Å². The van der Waals surface area contributed by atoms with Gasteiger partial charge < -0.3 is 10.2 Å². The highest BCUT2D eigenvalue weighted by molar-refractivity contribution is 9.10. The number of hydrogen-bond acceptors (Lipinski definition) is 2. The number of benzene rings is 1. The molecule has 1 aromatic rings. The summed E-state index contributed by atoms with van der Waals surface area (Å²) < 4.78 is 14.5. The molecule has 19 heavy (non-hydrogen) atoms. The van der Waals surface area contributed by atoms with Crippen molar-refractivity contribution in [3.63, 3.8) is 0 Å². The maximum atomic E-state index is 13.9. The normalized spacial score (nSPS) is 15.8. The Kier molecular flexibility index (Phi) is 5.50. The highest BCUT2D eigenvalue weighted by atomic mass is 79.9. The molecule has 0 aromatic heterocycles. The van der Waals surface area contributed by atoms with Gasteiger partial charge in [-0.05, 0) is 25.5 Å². The molecule has 0 radical (unpaired) electrons. The molecule has 3 nitrogen and oxygen atoms in total. The van der Waals surface area contributed by atoms with Gasteiger partial charge in [-0.3, -0.25) is 4.79 Å². The van der Waals surface area contributed by atoms with Crippen LogP contribution < -0.4 is 0 Å². The zero-order chi connectivity index (χ0) is 14.6. The van der Waals surface area contributed by atoms with Crippen LogP contribution in [0.4, 0.5) is 4.39 Å². The lowest BCUT2D eigenvalue weighted by atomic mass is 9.80. The first-order chi connectivity index (χ1) is 8.80. The van der Waals surface area contributed by atoms with E-state index in [1.54, 1.807) is 6.07 Å². The SMILES string of the molecule is CCCCC(C(=O)O)C(C)(O)c1ccc(Br)cc1F. The summed E-state index contributed by atoms with van der Waals surface area (Å²) in [7, 11) is 0. The molecule has 0 heterocycles. The third-order valence-electron chi connectivity index (χ3n) is 3.30. The second-order valence-electron chi connectivity index (χ2n) is 4.80. The van der Waals surface area contributed by atoms with Crippen LogP contribution in [-0.4, -0.2) is 16.2 Å². The van der Waals surface area contributed by atoms with E-state index in [2.05, 4.69) is 15.9 Å². The van der Waals surface area contributed by atoms with E-state index >= 15 is 0 Å². The lowest BCUT2D eigenvalue weighted by Gasteiger charge is -2.31. The fraction of sp³-hybridized carbons (Fsp3) is 0.500. The minimum atomic E-state index is -1.73. The fourth-order valence-corrected chi connectivity index (χ4v) is 2.47. The molecule has 0 aliphatic carbocycles. The topological polar surface area (TPSA) is 57.5 Å². The van der Waals surface area contributed by atoms with E-state index in [0.29, 0.717) is 17.3 Å². The summed E-state index contributed by atoms with van der Waals surface area (Å²) in [6.45, 7) is 3.29. The van der Waals surface area contributed by atoms with Crippen molar-refractivity contribution in [1.29, 1.82) is 0 Å². The number of halogens is 2. The van der Waals surface area contributed by atoms with Gasteiger partial charge in [0.05, 0.1) is 5.92 Å². The Hall–Kier alpha value is -0.940. The predicted molar refractivity (Wildman–Crippen MR) is 74.3 cm³/mol. The fourth-order valence-electron chi connectivity index (χ4n) is 2.14. The van der Waals surface area contributed by atoms with Gasteiger partial charge in [-0.25, -0.2) is 4.39 Å². The number of aliphatic hydroxyl groups is 1. The van der Waals surface area contributed by atoms with Gasteiger partial charge in [-0.1, -0.05) is 41.8 Å². The van der Waals surface area contributed by atoms with Crippen LogP contribution in [0.1, 0.15) is 38.7 Å². The largest absolute Gasteiger partial charge is 0.481 e. The molecule has 106 valence electrons. The minimum absolute atomic E-state index is 0.0132. The number of rotatable bonds is 6. The van der Waals surface area contributed by atoms with Crippen LogP contribution in [-0.2, 0) is 10.4 Å². The Morgan fingerprint density at radius 2 is 2.16 bits per heavy atom. The van der Waals surface area contributed by atoms with E-state index < -0.39 is 23.3 Å². The first-order valence-corrected chi connectivity index (χ1v) is 7.00. The Labute approximate surface area is 120 Å². The summed E-state index contributed by atoms with van der Waals surface area (Å²) in [4.78, 5) is 11.3. The summed E-state index contributed by atoms with van der Waals surface area (Å²) in [6.07, 6.45) is 1.81. The van der Waals surface area contributed by atoms with Gasteiger partial charge in [0.2, 0.25) is 0 Å². The number of carboxylic acids is 1. The van der Waals surface area contributed by atoms with Gasteiger partial charge in [-0.15, -0.1) is 0 Å². The second-order valence-corrected chi connectivity index (χ2v) is 5.72. The summed E-state index contributed by atoms with van der Waals surface area (Å²) in [5, 5.41) is 19.7. The molecule has 0 fully saturated rings. The number of carboxylic acid groups (broad SMARTS) is 1. The van der Waals surface area contributed by atoms with Gasteiger partial charge in [-0.2, -0.15) is 0 Å². The van der Waals surface area contributed by atoms with E-state index in [4.69, 9.17) is 0 Å². The van der Waals surface area contributed by atoms with Crippen molar-refractivity contribution >= 4 is 21.9 Å².